The van der Waals surface area contributed by atoms with Gasteiger partial charge in [0, 0.05) is 11.6 Å². The summed E-state index contributed by atoms with van der Waals surface area (Å²) in [6.07, 6.45) is 8.59. The minimum atomic E-state index is 0.196. The van der Waals surface area contributed by atoms with Gasteiger partial charge >= 0.3 is 0 Å². The Kier molecular flexibility index (Phi) is 5.22. The van der Waals surface area contributed by atoms with E-state index in [1.165, 1.54) is 43.2 Å². The van der Waals surface area contributed by atoms with E-state index in [9.17, 15) is 0 Å². The van der Waals surface area contributed by atoms with Crippen molar-refractivity contribution >= 4 is 0 Å². The molecule has 2 rings (SSSR count). The third-order valence-corrected chi connectivity index (χ3v) is 5.19. The Morgan fingerprint density at radius 3 is 2.10 bits per heavy atom. The van der Waals surface area contributed by atoms with Crippen LogP contribution in [0.4, 0.5) is 0 Å². The monoisotopic (exact) mass is 274 g/mol. The van der Waals surface area contributed by atoms with E-state index >= 15 is 0 Å². The quantitative estimate of drug-likeness (QED) is 0.892. The number of benzene rings is 1. The maximum Gasteiger partial charge on any atom is 0.0357 e. The normalized spacial score (nSPS) is 20.1. The highest BCUT2D eigenvalue weighted by atomic mass is 15.2. The number of nitrogens with zero attached hydrogens (tertiary/aromatic N) is 1. The van der Waals surface area contributed by atoms with E-state index < -0.39 is 0 Å². The van der Waals surface area contributed by atoms with Gasteiger partial charge in [-0.25, -0.2) is 0 Å². The van der Waals surface area contributed by atoms with Crippen LogP contribution in [-0.4, -0.2) is 30.6 Å². The fourth-order valence-electron chi connectivity index (χ4n) is 3.67. The lowest BCUT2D eigenvalue weighted by atomic mass is 9.74. The van der Waals surface area contributed by atoms with Crippen molar-refractivity contribution in [1.29, 1.82) is 0 Å². The van der Waals surface area contributed by atoms with Gasteiger partial charge in [-0.1, -0.05) is 50.5 Å². The smallest absolute Gasteiger partial charge is 0.0357 e. The third kappa shape index (κ3) is 3.24. The van der Waals surface area contributed by atoms with Gasteiger partial charge in [-0.05, 0) is 50.9 Å². The van der Waals surface area contributed by atoms with Crippen LogP contribution in [0.3, 0.4) is 0 Å². The van der Waals surface area contributed by atoms with Crippen molar-refractivity contribution in [2.45, 2.75) is 63.5 Å². The van der Waals surface area contributed by atoms with Crippen molar-refractivity contribution < 1.29 is 0 Å². The van der Waals surface area contributed by atoms with Gasteiger partial charge < -0.3 is 10.6 Å². The van der Waals surface area contributed by atoms with Crippen molar-refractivity contribution in [2.24, 2.45) is 5.73 Å². The average molecular weight is 274 g/mol. The zero-order valence-electron chi connectivity index (χ0n) is 13.4. The Hall–Kier alpha value is -0.860. The summed E-state index contributed by atoms with van der Waals surface area (Å²) in [7, 11) is 4.40. The predicted molar refractivity (Wildman–Crippen MR) is 87.0 cm³/mol. The second-order valence-electron chi connectivity index (χ2n) is 6.54. The highest BCUT2D eigenvalue weighted by molar-refractivity contribution is 5.24. The largest absolute Gasteiger partial charge is 0.326 e. The van der Waals surface area contributed by atoms with E-state index in [2.05, 4.69) is 50.2 Å². The number of hydrogen-bond acceptors (Lipinski definition) is 2. The first-order chi connectivity index (χ1) is 9.58. The van der Waals surface area contributed by atoms with Gasteiger partial charge in [-0.3, -0.25) is 0 Å². The summed E-state index contributed by atoms with van der Waals surface area (Å²) < 4.78 is 0. The fraction of sp³-hybridized carbons (Fsp3) is 0.667. The molecule has 1 unspecified atom stereocenters. The molecular weight excluding hydrogens is 244 g/mol. The molecule has 1 atom stereocenters. The highest BCUT2D eigenvalue weighted by Crippen LogP contribution is 2.35. The molecule has 2 N–H and O–H groups in total. The molecule has 0 aliphatic heterocycles. The van der Waals surface area contributed by atoms with E-state index in [0.29, 0.717) is 0 Å². The zero-order valence-corrected chi connectivity index (χ0v) is 13.4. The van der Waals surface area contributed by atoms with E-state index in [1.807, 2.05) is 0 Å². The Balaban J connectivity index is 2.09. The summed E-state index contributed by atoms with van der Waals surface area (Å²) in [6, 6.07) is 9.22. The van der Waals surface area contributed by atoms with E-state index in [1.54, 1.807) is 0 Å². The molecule has 0 heterocycles. The van der Waals surface area contributed by atoms with E-state index in [0.717, 1.165) is 12.8 Å². The van der Waals surface area contributed by atoms with Crippen LogP contribution in [0.2, 0.25) is 0 Å². The van der Waals surface area contributed by atoms with Crippen LogP contribution in [0.5, 0.6) is 0 Å². The lowest BCUT2D eigenvalue weighted by molar-refractivity contribution is 0.0716. The van der Waals surface area contributed by atoms with Crippen LogP contribution in [-0.2, 0) is 12.8 Å². The van der Waals surface area contributed by atoms with Gasteiger partial charge in [0.05, 0.1) is 0 Å². The van der Waals surface area contributed by atoms with Gasteiger partial charge in [0.2, 0.25) is 0 Å². The molecule has 0 amide bonds. The molecule has 2 nitrogen and oxygen atoms in total. The summed E-state index contributed by atoms with van der Waals surface area (Å²) >= 11 is 0. The Morgan fingerprint density at radius 1 is 1.05 bits per heavy atom. The summed E-state index contributed by atoms with van der Waals surface area (Å²) in [5.41, 5.74) is 9.62. The van der Waals surface area contributed by atoms with Crippen LogP contribution in [0.1, 0.15) is 50.2 Å². The van der Waals surface area contributed by atoms with Crippen molar-refractivity contribution in [3.05, 3.63) is 35.4 Å². The molecule has 1 aromatic rings. The molecule has 1 aliphatic rings. The van der Waals surface area contributed by atoms with Crippen molar-refractivity contribution in [3.63, 3.8) is 0 Å². The van der Waals surface area contributed by atoms with Crippen LogP contribution < -0.4 is 5.73 Å². The van der Waals surface area contributed by atoms with Crippen molar-refractivity contribution in [2.75, 3.05) is 14.1 Å². The van der Waals surface area contributed by atoms with Gasteiger partial charge in [-0.2, -0.15) is 0 Å². The molecule has 1 saturated carbocycles. The number of likely N-dealkylation sites (N-methyl/N-ethyl adjacent to an activating group) is 1. The first-order valence-corrected chi connectivity index (χ1v) is 8.09. The lowest BCUT2D eigenvalue weighted by Crippen LogP contribution is -2.59. The number of aryl methyl sites for hydroxylation is 1. The SMILES string of the molecule is CCc1ccc(CC(N)C2(N(C)C)CCCCC2)cc1. The van der Waals surface area contributed by atoms with Gasteiger partial charge in [-0.15, -0.1) is 0 Å². The minimum absolute atomic E-state index is 0.196. The zero-order chi connectivity index (χ0) is 14.6. The molecule has 112 valence electrons. The summed E-state index contributed by atoms with van der Waals surface area (Å²) in [6.45, 7) is 2.20. The third-order valence-electron chi connectivity index (χ3n) is 5.19. The van der Waals surface area contributed by atoms with E-state index in [4.69, 9.17) is 5.73 Å². The molecule has 0 spiro atoms. The molecule has 2 heteroatoms. The molecule has 0 saturated heterocycles. The molecule has 1 aliphatic carbocycles. The molecule has 0 radical (unpaired) electrons. The Labute approximate surface area is 124 Å². The Bertz CT molecular complexity index is 402. The summed E-state index contributed by atoms with van der Waals surface area (Å²) in [5, 5.41) is 0. The van der Waals surface area contributed by atoms with Crippen LogP contribution in [0, 0.1) is 0 Å². The number of nitrogens with two attached hydrogens (primary N) is 1. The maximum atomic E-state index is 6.65. The van der Waals surface area contributed by atoms with Crippen LogP contribution >= 0.6 is 0 Å². The molecule has 0 bridgehead atoms. The number of rotatable bonds is 5. The second-order valence-corrected chi connectivity index (χ2v) is 6.54. The van der Waals surface area contributed by atoms with Crippen molar-refractivity contribution in [1.82, 2.24) is 4.90 Å². The molecule has 0 aromatic heterocycles. The van der Waals surface area contributed by atoms with Crippen LogP contribution in [0.25, 0.3) is 0 Å². The minimum Gasteiger partial charge on any atom is -0.326 e. The predicted octanol–water partition coefficient (Wildman–Crippen LogP) is 3.38. The average Bonchev–Trinajstić information content (AvgIpc) is 2.48. The van der Waals surface area contributed by atoms with Gasteiger partial charge in [0.15, 0.2) is 0 Å². The van der Waals surface area contributed by atoms with E-state index in [-0.39, 0.29) is 11.6 Å². The first-order valence-electron chi connectivity index (χ1n) is 8.09. The standard InChI is InChI=1S/C18H30N2/c1-4-15-8-10-16(11-9-15)14-17(19)18(20(2)3)12-6-5-7-13-18/h8-11,17H,4-7,12-14,19H2,1-3H3. The molecule has 20 heavy (non-hydrogen) atoms. The second kappa shape index (κ2) is 6.73. The van der Waals surface area contributed by atoms with Gasteiger partial charge in [0.1, 0.15) is 0 Å². The maximum absolute atomic E-state index is 6.65. The molecular formula is C18H30N2. The fourth-order valence-corrected chi connectivity index (χ4v) is 3.67. The summed E-state index contributed by atoms with van der Waals surface area (Å²) in [5.74, 6) is 0. The van der Waals surface area contributed by atoms with Gasteiger partial charge in [0.25, 0.3) is 0 Å². The highest BCUT2D eigenvalue weighted by Gasteiger charge is 2.39. The summed E-state index contributed by atoms with van der Waals surface area (Å²) in [4.78, 5) is 2.39. The lowest BCUT2D eigenvalue weighted by Gasteiger charge is -2.47. The van der Waals surface area contributed by atoms with Crippen molar-refractivity contribution in [3.8, 4) is 0 Å². The Morgan fingerprint density at radius 2 is 1.60 bits per heavy atom. The molecule has 1 fully saturated rings. The van der Waals surface area contributed by atoms with Crippen LogP contribution in [0.15, 0.2) is 24.3 Å². The first kappa shape index (κ1) is 15.5. The topological polar surface area (TPSA) is 29.3 Å². The molecule has 1 aromatic carbocycles. The number of hydrogen-bond donors (Lipinski definition) is 1.